The van der Waals surface area contributed by atoms with E-state index in [9.17, 15) is 18.7 Å². The first-order valence-corrected chi connectivity index (χ1v) is 12.5. The van der Waals surface area contributed by atoms with Crippen LogP contribution in [0.5, 0.6) is 0 Å². The summed E-state index contributed by atoms with van der Waals surface area (Å²) in [5.41, 5.74) is -0.576. The molecular formula is C22H18F2N5O4PS. The monoisotopic (exact) mass is 517 g/mol. The van der Waals surface area contributed by atoms with Gasteiger partial charge < -0.3 is 9.79 Å². The van der Waals surface area contributed by atoms with Crippen LogP contribution in [-0.2, 0) is 21.2 Å². The lowest BCUT2D eigenvalue weighted by atomic mass is 9.82. The third kappa shape index (κ3) is 5.35. The Labute approximate surface area is 202 Å². The van der Waals surface area contributed by atoms with E-state index in [0.29, 0.717) is 27.9 Å². The van der Waals surface area contributed by atoms with Gasteiger partial charge in [0.1, 0.15) is 29.9 Å². The molecular weight excluding hydrogens is 499 g/mol. The number of benzene rings is 2. The second kappa shape index (κ2) is 9.73. The van der Waals surface area contributed by atoms with Crippen LogP contribution in [0.25, 0.3) is 11.3 Å². The molecule has 4 aromatic rings. The van der Waals surface area contributed by atoms with E-state index >= 15 is 4.39 Å². The molecule has 0 spiro atoms. The van der Waals surface area contributed by atoms with Crippen LogP contribution in [0.3, 0.4) is 0 Å². The van der Waals surface area contributed by atoms with Crippen molar-refractivity contribution in [1.82, 2.24) is 19.7 Å². The number of aromatic nitrogens is 4. The average Bonchev–Trinajstić information content (AvgIpc) is 3.49. The molecule has 4 rings (SSSR count). The summed E-state index contributed by atoms with van der Waals surface area (Å²) in [5.74, 6) is -2.84. The third-order valence-electron chi connectivity index (χ3n) is 5.43. The first-order chi connectivity index (χ1) is 16.6. The van der Waals surface area contributed by atoms with Crippen molar-refractivity contribution in [3.05, 3.63) is 88.3 Å². The van der Waals surface area contributed by atoms with E-state index < -0.39 is 31.0 Å². The summed E-state index contributed by atoms with van der Waals surface area (Å²) in [4.78, 5) is 28.1. The van der Waals surface area contributed by atoms with Gasteiger partial charge in [0.05, 0.1) is 28.9 Å². The molecule has 0 saturated heterocycles. The lowest BCUT2D eigenvalue weighted by Crippen LogP contribution is -2.40. The molecule has 9 nitrogen and oxygen atoms in total. The van der Waals surface area contributed by atoms with Gasteiger partial charge in [-0.05, 0) is 18.2 Å². The molecule has 2 aromatic carbocycles. The molecule has 2 heterocycles. The van der Waals surface area contributed by atoms with Crippen LogP contribution in [0.1, 0.15) is 29.0 Å². The summed E-state index contributed by atoms with van der Waals surface area (Å²) in [6, 6.07) is 11.4. The SMILES string of the molecule is C[C@@H](c1nc(-c2ccc(C#N)cc2)cs1)[C@@](Cn1cncn1)(OP(=O)(O)O)c1ccc(F)cc1F. The van der Waals surface area contributed by atoms with E-state index in [0.717, 1.165) is 12.1 Å². The van der Waals surface area contributed by atoms with Gasteiger partial charge in [0.15, 0.2) is 0 Å². The lowest BCUT2D eigenvalue weighted by Gasteiger charge is -2.38. The minimum absolute atomic E-state index is 0.277. The molecule has 0 aliphatic rings. The van der Waals surface area contributed by atoms with Gasteiger partial charge in [-0.2, -0.15) is 10.4 Å². The van der Waals surface area contributed by atoms with Crippen LogP contribution in [0.15, 0.2) is 60.5 Å². The number of nitrogens with zero attached hydrogens (tertiary/aromatic N) is 5. The van der Waals surface area contributed by atoms with Crippen molar-refractivity contribution in [3.8, 4) is 17.3 Å². The van der Waals surface area contributed by atoms with Crippen molar-refractivity contribution in [1.29, 1.82) is 5.26 Å². The predicted molar refractivity (Wildman–Crippen MR) is 122 cm³/mol. The molecule has 13 heteroatoms. The zero-order chi connectivity index (χ0) is 25.2. The molecule has 0 bridgehead atoms. The number of rotatable bonds is 8. The van der Waals surface area contributed by atoms with Gasteiger partial charge >= 0.3 is 7.82 Å². The van der Waals surface area contributed by atoms with E-state index in [4.69, 9.17) is 9.79 Å². The highest BCUT2D eigenvalue weighted by Crippen LogP contribution is 2.53. The summed E-state index contributed by atoms with van der Waals surface area (Å²) in [6.45, 7) is 1.23. The van der Waals surface area contributed by atoms with Crippen molar-refractivity contribution in [2.24, 2.45) is 0 Å². The molecule has 0 aliphatic carbocycles. The largest absolute Gasteiger partial charge is 0.470 e. The molecule has 0 fully saturated rings. The lowest BCUT2D eigenvalue weighted by molar-refractivity contribution is -0.0106. The van der Waals surface area contributed by atoms with Crippen LogP contribution in [-0.4, -0.2) is 29.5 Å². The van der Waals surface area contributed by atoms with E-state index in [2.05, 4.69) is 15.1 Å². The fraction of sp³-hybridized carbons (Fsp3) is 0.182. The topological polar surface area (TPSA) is 134 Å². The molecule has 2 aromatic heterocycles. The van der Waals surface area contributed by atoms with Crippen molar-refractivity contribution < 1.29 is 27.7 Å². The number of phosphoric ester groups is 1. The zero-order valence-corrected chi connectivity index (χ0v) is 19.8. The predicted octanol–water partition coefficient (Wildman–Crippen LogP) is 4.36. The number of hydrogen-bond donors (Lipinski definition) is 2. The van der Waals surface area contributed by atoms with Crippen molar-refractivity contribution in [2.75, 3.05) is 0 Å². The highest BCUT2D eigenvalue weighted by atomic mass is 32.1. The fourth-order valence-electron chi connectivity index (χ4n) is 3.75. The Kier molecular flexibility index (Phi) is 6.89. The summed E-state index contributed by atoms with van der Waals surface area (Å²) >= 11 is 1.18. The maximum Gasteiger partial charge on any atom is 0.470 e. The van der Waals surface area contributed by atoms with Gasteiger partial charge in [-0.25, -0.2) is 28.0 Å². The highest BCUT2D eigenvalue weighted by Gasteiger charge is 2.48. The summed E-state index contributed by atoms with van der Waals surface area (Å²) < 4.78 is 47.5. The van der Waals surface area contributed by atoms with Gasteiger partial charge in [-0.1, -0.05) is 25.1 Å². The van der Waals surface area contributed by atoms with Gasteiger partial charge in [0.2, 0.25) is 0 Å². The van der Waals surface area contributed by atoms with Crippen LogP contribution in [0.2, 0.25) is 0 Å². The normalized spacial score (nSPS) is 14.3. The number of nitriles is 1. The van der Waals surface area contributed by atoms with E-state index in [-0.39, 0.29) is 12.1 Å². The number of thiazole rings is 1. The van der Waals surface area contributed by atoms with Gasteiger partial charge in [0, 0.05) is 28.5 Å². The van der Waals surface area contributed by atoms with E-state index in [1.54, 1.807) is 36.6 Å². The maximum absolute atomic E-state index is 15.1. The first kappa shape index (κ1) is 24.8. The maximum atomic E-state index is 15.1. The average molecular weight is 517 g/mol. The molecule has 180 valence electrons. The minimum Gasteiger partial charge on any atom is -0.303 e. The van der Waals surface area contributed by atoms with Crippen LogP contribution < -0.4 is 0 Å². The Morgan fingerprint density at radius 1 is 1.26 bits per heavy atom. The molecule has 0 amide bonds. The molecule has 0 unspecified atom stereocenters. The van der Waals surface area contributed by atoms with Crippen molar-refractivity contribution >= 4 is 19.2 Å². The fourth-order valence-corrected chi connectivity index (χ4v) is 5.45. The zero-order valence-electron chi connectivity index (χ0n) is 18.1. The van der Waals surface area contributed by atoms with Crippen molar-refractivity contribution in [3.63, 3.8) is 0 Å². The minimum atomic E-state index is -5.21. The van der Waals surface area contributed by atoms with Gasteiger partial charge in [-0.15, -0.1) is 11.3 Å². The second-order valence-corrected chi connectivity index (χ2v) is 9.72. The number of phosphoric acid groups is 1. The quantitative estimate of drug-likeness (QED) is 0.329. The first-order valence-electron chi connectivity index (χ1n) is 10.1. The second-order valence-electron chi connectivity index (χ2n) is 7.67. The highest BCUT2D eigenvalue weighted by molar-refractivity contribution is 7.46. The number of halogens is 2. The van der Waals surface area contributed by atoms with Crippen LogP contribution >= 0.6 is 19.2 Å². The molecule has 2 N–H and O–H groups in total. The summed E-state index contributed by atoms with van der Waals surface area (Å²) in [5, 5.41) is 15.1. The Bertz CT molecular complexity index is 1420. The van der Waals surface area contributed by atoms with E-state index in [1.807, 2.05) is 6.07 Å². The summed E-state index contributed by atoms with van der Waals surface area (Å²) in [7, 11) is -5.21. The Morgan fingerprint density at radius 3 is 2.60 bits per heavy atom. The Morgan fingerprint density at radius 2 is 2.00 bits per heavy atom. The van der Waals surface area contributed by atoms with Crippen molar-refractivity contribution in [2.45, 2.75) is 25.0 Å². The smallest absolute Gasteiger partial charge is 0.303 e. The molecule has 0 saturated carbocycles. The van der Waals surface area contributed by atoms with Gasteiger partial charge in [-0.3, -0.25) is 4.52 Å². The molecule has 35 heavy (non-hydrogen) atoms. The van der Waals surface area contributed by atoms with E-state index in [1.165, 1.54) is 28.7 Å². The summed E-state index contributed by atoms with van der Waals surface area (Å²) in [6.07, 6.45) is 2.50. The van der Waals surface area contributed by atoms with Gasteiger partial charge in [0.25, 0.3) is 0 Å². The number of hydrogen-bond acceptors (Lipinski definition) is 7. The Balaban J connectivity index is 1.85. The Hall–Kier alpha value is -3.33. The van der Waals surface area contributed by atoms with Crippen LogP contribution in [0.4, 0.5) is 8.78 Å². The molecule has 0 aliphatic heterocycles. The molecule has 2 atom stereocenters. The van der Waals surface area contributed by atoms with Crippen LogP contribution in [0, 0.1) is 23.0 Å². The standard InChI is InChI=1S/C22H18F2N5O4PS/c1-14(21-28-20(10-35-21)16-4-2-15(9-25)3-5-16)22(33-34(30,31)32,11-29-13-26-12-27-29)18-7-6-17(23)8-19(18)24/h2-8,10,12-14H,11H2,1H3,(H2,30,31,32)/t14-,22+/m0/s1. The molecule has 0 radical (unpaired) electrons. The third-order valence-corrected chi connectivity index (χ3v) is 7.03.